The lowest BCUT2D eigenvalue weighted by molar-refractivity contribution is 0.0696. The van der Waals surface area contributed by atoms with Gasteiger partial charge in [-0.2, -0.15) is 0 Å². The van der Waals surface area contributed by atoms with Gasteiger partial charge in [0, 0.05) is 16.5 Å². The van der Waals surface area contributed by atoms with Crippen LogP contribution in [0.3, 0.4) is 0 Å². The zero-order valence-electron chi connectivity index (χ0n) is 12.1. The SMILES string of the molecule is COc1ccccc1-c1[nH]c2ccc(F)cc2c(=O)c1C(=O)O. The number of halogens is 1. The average Bonchev–Trinajstić information content (AvgIpc) is 2.54. The molecule has 6 heteroatoms. The Morgan fingerprint density at radius 1 is 1.22 bits per heavy atom. The van der Waals surface area contributed by atoms with Crippen LogP contribution in [-0.2, 0) is 0 Å². The summed E-state index contributed by atoms with van der Waals surface area (Å²) in [4.78, 5) is 27.0. The maximum Gasteiger partial charge on any atom is 0.341 e. The molecule has 3 rings (SSSR count). The van der Waals surface area contributed by atoms with Gasteiger partial charge in [-0.05, 0) is 30.3 Å². The Kier molecular flexibility index (Phi) is 3.57. The topological polar surface area (TPSA) is 79.4 Å². The summed E-state index contributed by atoms with van der Waals surface area (Å²) in [7, 11) is 1.45. The predicted octanol–water partition coefficient (Wildman–Crippen LogP) is 3.04. The van der Waals surface area contributed by atoms with E-state index in [-0.39, 0.29) is 11.1 Å². The minimum atomic E-state index is -1.39. The van der Waals surface area contributed by atoms with Crippen LogP contribution in [0.25, 0.3) is 22.2 Å². The van der Waals surface area contributed by atoms with Gasteiger partial charge in [-0.1, -0.05) is 12.1 Å². The highest BCUT2D eigenvalue weighted by molar-refractivity contribution is 5.99. The number of carboxylic acids is 1. The second-order valence-electron chi connectivity index (χ2n) is 4.90. The third-order valence-electron chi connectivity index (χ3n) is 3.55. The number of fused-ring (bicyclic) bond motifs is 1. The highest BCUT2D eigenvalue weighted by Crippen LogP contribution is 2.30. The molecule has 0 radical (unpaired) electrons. The van der Waals surface area contributed by atoms with Gasteiger partial charge in [0.2, 0.25) is 5.43 Å². The molecule has 1 aromatic heterocycles. The lowest BCUT2D eigenvalue weighted by Gasteiger charge is -2.12. The molecule has 0 aliphatic carbocycles. The molecule has 2 aromatic carbocycles. The van der Waals surface area contributed by atoms with Crippen molar-refractivity contribution in [3.05, 3.63) is 64.1 Å². The van der Waals surface area contributed by atoms with E-state index >= 15 is 0 Å². The van der Waals surface area contributed by atoms with E-state index in [0.717, 1.165) is 6.07 Å². The van der Waals surface area contributed by atoms with E-state index in [0.29, 0.717) is 16.8 Å². The van der Waals surface area contributed by atoms with Crippen LogP contribution < -0.4 is 10.2 Å². The summed E-state index contributed by atoms with van der Waals surface area (Å²) in [5.74, 6) is -1.57. The third-order valence-corrected chi connectivity index (χ3v) is 3.55. The van der Waals surface area contributed by atoms with Crippen LogP contribution in [-0.4, -0.2) is 23.2 Å². The third kappa shape index (κ3) is 2.44. The van der Waals surface area contributed by atoms with Crippen molar-refractivity contribution in [1.29, 1.82) is 0 Å². The fourth-order valence-corrected chi connectivity index (χ4v) is 2.52. The first-order valence-electron chi connectivity index (χ1n) is 6.75. The predicted molar refractivity (Wildman–Crippen MR) is 83.5 cm³/mol. The number of aromatic carboxylic acids is 1. The van der Waals surface area contributed by atoms with Crippen LogP contribution in [0, 0.1) is 5.82 Å². The van der Waals surface area contributed by atoms with Gasteiger partial charge < -0.3 is 14.8 Å². The lowest BCUT2D eigenvalue weighted by atomic mass is 10.0. The van der Waals surface area contributed by atoms with Crippen molar-refractivity contribution in [3.8, 4) is 17.0 Å². The number of carboxylic acid groups (broad SMARTS) is 1. The number of pyridine rings is 1. The van der Waals surface area contributed by atoms with Gasteiger partial charge in [-0.25, -0.2) is 9.18 Å². The highest BCUT2D eigenvalue weighted by Gasteiger charge is 2.21. The fraction of sp³-hybridized carbons (Fsp3) is 0.0588. The number of aromatic nitrogens is 1. The highest BCUT2D eigenvalue weighted by atomic mass is 19.1. The van der Waals surface area contributed by atoms with E-state index in [1.807, 2.05) is 0 Å². The smallest absolute Gasteiger partial charge is 0.341 e. The largest absolute Gasteiger partial charge is 0.496 e. The van der Waals surface area contributed by atoms with Crippen molar-refractivity contribution >= 4 is 16.9 Å². The summed E-state index contributed by atoms with van der Waals surface area (Å²) in [5, 5.41) is 9.43. The first-order valence-corrected chi connectivity index (χ1v) is 6.75. The number of H-pyrrole nitrogens is 1. The number of para-hydroxylation sites is 1. The number of hydrogen-bond donors (Lipinski definition) is 2. The number of rotatable bonds is 3. The Balaban J connectivity index is 2.45. The Morgan fingerprint density at radius 3 is 2.65 bits per heavy atom. The molecule has 0 spiro atoms. The second kappa shape index (κ2) is 5.57. The van der Waals surface area contributed by atoms with Crippen molar-refractivity contribution in [2.45, 2.75) is 0 Å². The minimum Gasteiger partial charge on any atom is -0.496 e. The van der Waals surface area contributed by atoms with E-state index in [1.54, 1.807) is 24.3 Å². The maximum atomic E-state index is 13.4. The first kappa shape index (κ1) is 14.8. The summed E-state index contributed by atoms with van der Waals surface area (Å²) in [6.45, 7) is 0. The van der Waals surface area contributed by atoms with E-state index in [4.69, 9.17) is 4.74 Å². The van der Waals surface area contributed by atoms with Gasteiger partial charge in [0.05, 0.1) is 12.8 Å². The minimum absolute atomic E-state index is 0.0129. The van der Waals surface area contributed by atoms with Gasteiger partial charge in [0.15, 0.2) is 0 Å². The zero-order chi connectivity index (χ0) is 16.6. The summed E-state index contributed by atoms with van der Waals surface area (Å²) in [6, 6.07) is 10.4. The number of methoxy groups -OCH3 is 1. The summed E-state index contributed by atoms with van der Waals surface area (Å²) in [5.41, 5.74) is -0.281. The molecule has 0 bridgehead atoms. The van der Waals surface area contributed by atoms with Crippen LogP contribution in [0.4, 0.5) is 4.39 Å². The fourth-order valence-electron chi connectivity index (χ4n) is 2.52. The monoisotopic (exact) mass is 313 g/mol. The number of hydrogen-bond acceptors (Lipinski definition) is 3. The second-order valence-corrected chi connectivity index (χ2v) is 4.90. The first-order chi connectivity index (χ1) is 11.0. The molecule has 5 nitrogen and oxygen atoms in total. The van der Waals surface area contributed by atoms with Crippen molar-refractivity contribution in [2.75, 3.05) is 7.11 Å². The van der Waals surface area contributed by atoms with Crippen LogP contribution in [0.2, 0.25) is 0 Å². The molecule has 0 atom stereocenters. The van der Waals surface area contributed by atoms with Crippen molar-refractivity contribution in [3.63, 3.8) is 0 Å². The van der Waals surface area contributed by atoms with Gasteiger partial charge in [-0.15, -0.1) is 0 Å². The van der Waals surface area contributed by atoms with Gasteiger partial charge in [-0.3, -0.25) is 4.79 Å². The van der Waals surface area contributed by atoms with Crippen molar-refractivity contribution in [1.82, 2.24) is 4.98 Å². The average molecular weight is 313 g/mol. The molecule has 2 N–H and O–H groups in total. The molecule has 0 saturated carbocycles. The molecule has 0 amide bonds. The van der Waals surface area contributed by atoms with E-state index in [2.05, 4.69) is 4.98 Å². The molecule has 0 aliphatic rings. The number of benzene rings is 2. The molecule has 0 saturated heterocycles. The number of carbonyl (C=O) groups is 1. The quantitative estimate of drug-likeness (QED) is 0.779. The van der Waals surface area contributed by atoms with Crippen molar-refractivity contribution in [2.24, 2.45) is 0 Å². The van der Waals surface area contributed by atoms with E-state index in [1.165, 1.54) is 19.2 Å². The van der Waals surface area contributed by atoms with Crippen LogP contribution >= 0.6 is 0 Å². The van der Waals surface area contributed by atoms with Gasteiger partial charge >= 0.3 is 5.97 Å². The summed E-state index contributed by atoms with van der Waals surface area (Å²) in [6.07, 6.45) is 0. The van der Waals surface area contributed by atoms with E-state index in [9.17, 15) is 19.1 Å². The molecule has 116 valence electrons. The Labute approximate surface area is 130 Å². The summed E-state index contributed by atoms with van der Waals surface area (Å²) >= 11 is 0. The molecule has 0 fully saturated rings. The van der Waals surface area contributed by atoms with Crippen LogP contribution in [0.1, 0.15) is 10.4 Å². The van der Waals surface area contributed by atoms with Crippen molar-refractivity contribution < 1.29 is 19.0 Å². The molecule has 0 unspecified atom stereocenters. The van der Waals surface area contributed by atoms with Crippen LogP contribution in [0.5, 0.6) is 5.75 Å². The Bertz CT molecular complexity index is 978. The molecule has 3 aromatic rings. The molecular weight excluding hydrogens is 301 g/mol. The lowest BCUT2D eigenvalue weighted by Crippen LogP contribution is -2.18. The Morgan fingerprint density at radius 2 is 1.96 bits per heavy atom. The van der Waals surface area contributed by atoms with E-state index < -0.39 is 22.8 Å². The maximum absolute atomic E-state index is 13.4. The molecule has 1 heterocycles. The number of ether oxygens (including phenoxy) is 1. The number of nitrogens with one attached hydrogen (secondary N) is 1. The Hall–Kier alpha value is -3.15. The van der Waals surface area contributed by atoms with Crippen LogP contribution in [0.15, 0.2) is 47.3 Å². The molecule has 23 heavy (non-hydrogen) atoms. The zero-order valence-corrected chi connectivity index (χ0v) is 12.1. The standard InChI is InChI=1S/C17H12FNO4/c1-23-13-5-3-2-4-10(13)15-14(17(21)22)16(20)11-8-9(18)6-7-12(11)19-15/h2-8H,1H3,(H,19,20)(H,21,22). The van der Waals surface area contributed by atoms with Gasteiger partial charge in [0.25, 0.3) is 0 Å². The summed E-state index contributed by atoms with van der Waals surface area (Å²) < 4.78 is 18.6. The molecule has 0 aliphatic heterocycles. The normalized spacial score (nSPS) is 10.7. The van der Waals surface area contributed by atoms with Gasteiger partial charge in [0.1, 0.15) is 17.1 Å². The number of aromatic amines is 1. The molecular formula is C17H12FNO4.